The van der Waals surface area contributed by atoms with Gasteiger partial charge >= 0.3 is 0 Å². The Bertz CT molecular complexity index is 1190. The van der Waals surface area contributed by atoms with E-state index in [0.29, 0.717) is 37.5 Å². The van der Waals surface area contributed by atoms with Crippen LogP contribution < -0.4 is 0 Å². The number of hydrogen-bond acceptors (Lipinski definition) is 5. The van der Waals surface area contributed by atoms with Gasteiger partial charge in [-0.3, -0.25) is 9.59 Å². The first kappa shape index (κ1) is 18.6. The molecule has 0 unspecified atom stereocenters. The molecule has 1 saturated heterocycles. The average molecular weight is 417 g/mol. The molecule has 150 valence electrons. The number of aromatic nitrogens is 1. The van der Waals surface area contributed by atoms with Gasteiger partial charge in [-0.1, -0.05) is 41.6 Å². The van der Waals surface area contributed by atoms with Crippen molar-refractivity contribution >= 4 is 34.1 Å². The minimum Gasteiger partial charge on any atom is -0.355 e. The van der Waals surface area contributed by atoms with Gasteiger partial charge in [-0.15, -0.1) is 11.3 Å². The normalized spacial score (nSPS) is 14.3. The van der Waals surface area contributed by atoms with E-state index in [4.69, 9.17) is 4.52 Å². The van der Waals surface area contributed by atoms with Crippen LogP contribution in [-0.2, 0) is 0 Å². The van der Waals surface area contributed by atoms with Crippen LogP contribution in [0.25, 0.3) is 22.2 Å². The molecule has 4 aromatic rings. The van der Waals surface area contributed by atoms with Gasteiger partial charge in [0.05, 0.1) is 10.3 Å². The number of fused-ring (bicyclic) bond motifs is 1. The summed E-state index contributed by atoms with van der Waals surface area (Å²) in [4.78, 5) is 30.0. The first-order valence-corrected chi connectivity index (χ1v) is 10.7. The van der Waals surface area contributed by atoms with Crippen molar-refractivity contribution in [3.8, 4) is 11.3 Å². The lowest BCUT2D eigenvalue weighted by Crippen LogP contribution is -2.50. The first-order valence-electron chi connectivity index (χ1n) is 9.77. The maximum absolute atomic E-state index is 13.1. The second-order valence-corrected chi connectivity index (χ2v) is 8.12. The molecule has 5 rings (SSSR count). The summed E-state index contributed by atoms with van der Waals surface area (Å²) in [7, 11) is 0. The van der Waals surface area contributed by atoms with Crippen LogP contribution >= 0.6 is 11.3 Å². The lowest BCUT2D eigenvalue weighted by molar-refractivity contribution is 0.0538. The average Bonchev–Trinajstić information content (AvgIpc) is 3.48. The Morgan fingerprint density at radius 3 is 2.30 bits per heavy atom. The topological polar surface area (TPSA) is 66.7 Å². The molecular formula is C23H19N3O3S. The van der Waals surface area contributed by atoms with E-state index in [1.807, 2.05) is 64.9 Å². The van der Waals surface area contributed by atoms with Crippen molar-refractivity contribution < 1.29 is 14.1 Å². The van der Waals surface area contributed by atoms with Gasteiger partial charge in [-0.25, -0.2) is 0 Å². The molecule has 0 bridgehead atoms. The molecule has 0 saturated carbocycles. The van der Waals surface area contributed by atoms with Crippen LogP contribution in [0, 0.1) is 0 Å². The van der Waals surface area contributed by atoms with Crippen LogP contribution in [0.4, 0.5) is 0 Å². The predicted octanol–water partition coefficient (Wildman–Crippen LogP) is 4.15. The summed E-state index contributed by atoms with van der Waals surface area (Å²) in [5.41, 5.74) is 2.24. The largest absolute Gasteiger partial charge is 0.355 e. The van der Waals surface area contributed by atoms with Crippen LogP contribution in [0.1, 0.15) is 20.0 Å². The number of carbonyl (C=O) groups excluding carboxylic acids is 2. The number of hydrogen-bond donors (Lipinski definition) is 0. The smallest absolute Gasteiger partial charge is 0.264 e. The van der Waals surface area contributed by atoms with E-state index in [-0.39, 0.29) is 11.8 Å². The summed E-state index contributed by atoms with van der Waals surface area (Å²) in [6, 6.07) is 18.9. The third-order valence-electron chi connectivity index (χ3n) is 5.35. The predicted molar refractivity (Wildman–Crippen MR) is 116 cm³/mol. The Morgan fingerprint density at radius 2 is 1.60 bits per heavy atom. The molecule has 0 N–H and O–H groups in total. The SMILES string of the molecule is O=C(c1ccc2noc(-c3ccccc3)c2c1)N1CCN(C(=O)c2cccs2)CC1. The minimum absolute atomic E-state index is 0.0375. The van der Waals surface area contributed by atoms with E-state index in [2.05, 4.69) is 5.16 Å². The molecule has 1 aliphatic heterocycles. The van der Waals surface area contributed by atoms with E-state index in [1.165, 1.54) is 11.3 Å². The number of rotatable bonds is 3. The Morgan fingerprint density at radius 1 is 0.867 bits per heavy atom. The molecular weight excluding hydrogens is 398 g/mol. The number of thiophene rings is 1. The number of piperazine rings is 1. The zero-order valence-electron chi connectivity index (χ0n) is 16.2. The first-order chi connectivity index (χ1) is 14.7. The van der Waals surface area contributed by atoms with Gasteiger partial charge in [-0.2, -0.15) is 0 Å². The van der Waals surface area contributed by atoms with Crippen molar-refractivity contribution in [2.75, 3.05) is 26.2 Å². The lowest BCUT2D eigenvalue weighted by atomic mass is 10.1. The van der Waals surface area contributed by atoms with Crippen molar-refractivity contribution in [3.63, 3.8) is 0 Å². The molecule has 1 fully saturated rings. The Hall–Kier alpha value is -3.45. The maximum atomic E-state index is 13.1. The molecule has 2 aromatic carbocycles. The van der Waals surface area contributed by atoms with E-state index in [0.717, 1.165) is 21.3 Å². The summed E-state index contributed by atoms with van der Waals surface area (Å²) < 4.78 is 5.54. The highest BCUT2D eigenvalue weighted by molar-refractivity contribution is 7.12. The molecule has 0 radical (unpaired) electrons. The summed E-state index contributed by atoms with van der Waals surface area (Å²) in [6.45, 7) is 2.10. The van der Waals surface area contributed by atoms with Gasteiger partial charge < -0.3 is 14.3 Å². The van der Waals surface area contributed by atoms with E-state index in [9.17, 15) is 9.59 Å². The third kappa shape index (κ3) is 3.37. The molecule has 7 heteroatoms. The van der Waals surface area contributed by atoms with Crippen molar-refractivity contribution in [3.05, 3.63) is 76.5 Å². The highest BCUT2D eigenvalue weighted by Crippen LogP contribution is 2.29. The molecule has 2 aromatic heterocycles. The summed E-state index contributed by atoms with van der Waals surface area (Å²) in [5.74, 6) is 0.655. The van der Waals surface area contributed by atoms with Gasteiger partial charge in [0.2, 0.25) is 0 Å². The van der Waals surface area contributed by atoms with Gasteiger partial charge in [0.15, 0.2) is 5.76 Å². The number of carbonyl (C=O) groups is 2. The van der Waals surface area contributed by atoms with Crippen molar-refractivity contribution in [1.29, 1.82) is 0 Å². The number of benzene rings is 2. The fourth-order valence-corrected chi connectivity index (χ4v) is 4.41. The lowest BCUT2D eigenvalue weighted by Gasteiger charge is -2.34. The van der Waals surface area contributed by atoms with Gasteiger partial charge in [0, 0.05) is 37.3 Å². The van der Waals surface area contributed by atoms with Crippen LogP contribution in [0.3, 0.4) is 0 Å². The molecule has 6 nitrogen and oxygen atoms in total. The van der Waals surface area contributed by atoms with Crippen molar-refractivity contribution in [2.45, 2.75) is 0 Å². The molecule has 0 aliphatic carbocycles. The van der Waals surface area contributed by atoms with E-state index in [1.54, 1.807) is 11.0 Å². The van der Waals surface area contributed by atoms with Gasteiger partial charge in [0.1, 0.15) is 5.52 Å². The maximum Gasteiger partial charge on any atom is 0.264 e. The molecule has 1 aliphatic rings. The summed E-state index contributed by atoms with van der Waals surface area (Å²) >= 11 is 1.44. The molecule has 2 amide bonds. The number of amides is 2. The Kier molecular flexibility index (Phi) is 4.80. The summed E-state index contributed by atoms with van der Waals surface area (Å²) in [6.07, 6.45) is 0. The minimum atomic E-state index is -0.0414. The standard InChI is InChI=1S/C23H19N3O3S/c27-22(25-10-12-26(13-11-25)23(28)20-7-4-14-30-20)17-8-9-19-18(15-17)21(29-24-19)16-5-2-1-3-6-16/h1-9,14-15H,10-13H2. The van der Waals surface area contributed by atoms with Gasteiger partial charge in [0.25, 0.3) is 11.8 Å². The molecule has 3 heterocycles. The highest BCUT2D eigenvalue weighted by atomic mass is 32.1. The van der Waals surface area contributed by atoms with Crippen LogP contribution in [0.5, 0.6) is 0 Å². The van der Waals surface area contributed by atoms with Crippen LogP contribution in [-0.4, -0.2) is 52.9 Å². The van der Waals surface area contributed by atoms with Crippen molar-refractivity contribution in [2.24, 2.45) is 0 Å². The fraction of sp³-hybridized carbons (Fsp3) is 0.174. The van der Waals surface area contributed by atoms with Crippen LogP contribution in [0.2, 0.25) is 0 Å². The third-order valence-corrected chi connectivity index (χ3v) is 6.20. The quantitative estimate of drug-likeness (QED) is 0.502. The zero-order valence-corrected chi connectivity index (χ0v) is 17.0. The zero-order chi connectivity index (χ0) is 20.5. The highest BCUT2D eigenvalue weighted by Gasteiger charge is 2.26. The second-order valence-electron chi connectivity index (χ2n) is 7.17. The Balaban J connectivity index is 1.34. The van der Waals surface area contributed by atoms with Gasteiger partial charge in [-0.05, 0) is 29.6 Å². The second kappa shape index (κ2) is 7.76. The van der Waals surface area contributed by atoms with Crippen molar-refractivity contribution in [1.82, 2.24) is 15.0 Å². The molecule has 30 heavy (non-hydrogen) atoms. The Labute approximate surface area is 177 Å². The summed E-state index contributed by atoms with van der Waals surface area (Å²) in [5, 5.41) is 6.84. The molecule has 0 spiro atoms. The molecule has 0 atom stereocenters. The van der Waals surface area contributed by atoms with Crippen LogP contribution in [0.15, 0.2) is 70.6 Å². The van der Waals surface area contributed by atoms with E-state index >= 15 is 0 Å². The fourth-order valence-electron chi connectivity index (χ4n) is 3.72. The monoisotopic (exact) mass is 417 g/mol. The number of nitrogens with zero attached hydrogens (tertiary/aromatic N) is 3. The van der Waals surface area contributed by atoms with E-state index < -0.39 is 0 Å².